The number of benzene rings is 1. The fourth-order valence-electron chi connectivity index (χ4n) is 1.01. The highest BCUT2D eigenvalue weighted by Crippen LogP contribution is 2.20. The van der Waals surface area contributed by atoms with Gasteiger partial charge in [-0.3, -0.25) is 0 Å². The van der Waals surface area contributed by atoms with Crippen molar-refractivity contribution in [2.24, 2.45) is 0 Å². The molecular weight excluding hydrogens is 198 g/mol. The number of hydrogen-bond acceptors (Lipinski definition) is 1. The summed E-state index contributed by atoms with van der Waals surface area (Å²) in [6.45, 7) is 0. The van der Waals surface area contributed by atoms with Crippen LogP contribution in [0.2, 0.25) is 5.02 Å². The number of rotatable bonds is 3. The molecule has 0 saturated heterocycles. The van der Waals surface area contributed by atoms with Crippen LogP contribution in [0.1, 0.15) is 12.0 Å². The Morgan fingerprint density at radius 3 is 2.69 bits per heavy atom. The molecular formula is C9H7ClF2O. The summed E-state index contributed by atoms with van der Waals surface area (Å²) in [6, 6.07) is 1.95. The Balaban J connectivity index is 2.98. The topological polar surface area (TPSA) is 17.1 Å². The maximum atomic E-state index is 13.1. The molecule has 1 aromatic carbocycles. The van der Waals surface area contributed by atoms with Gasteiger partial charge >= 0.3 is 0 Å². The summed E-state index contributed by atoms with van der Waals surface area (Å²) >= 11 is 5.39. The van der Waals surface area contributed by atoms with Crippen molar-refractivity contribution in [1.82, 2.24) is 0 Å². The van der Waals surface area contributed by atoms with Crippen molar-refractivity contribution in [2.45, 2.75) is 12.8 Å². The molecule has 4 heteroatoms. The lowest BCUT2D eigenvalue weighted by molar-refractivity contribution is -0.107. The number of aldehydes is 1. The predicted molar refractivity (Wildman–Crippen MR) is 45.8 cm³/mol. The molecule has 0 bridgehead atoms. The van der Waals surface area contributed by atoms with Crippen LogP contribution in [-0.2, 0) is 11.2 Å². The summed E-state index contributed by atoms with van der Waals surface area (Å²) in [6.07, 6.45) is 0.988. The zero-order valence-corrected chi connectivity index (χ0v) is 7.44. The maximum Gasteiger partial charge on any atom is 0.145 e. The highest BCUT2D eigenvalue weighted by atomic mass is 35.5. The third-order valence-electron chi connectivity index (χ3n) is 1.60. The molecule has 1 rings (SSSR count). The first kappa shape index (κ1) is 10.1. The van der Waals surface area contributed by atoms with E-state index < -0.39 is 11.6 Å². The van der Waals surface area contributed by atoms with Gasteiger partial charge in [-0.05, 0) is 24.1 Å². The molecule has 0 amide bonds. The first-order valence-corrected chi connectivity index (χ1v) is 4.10. The highest BCUT2D eigenvalue weighted by Gasteiger charge is 2.08. The van der Waals surface area contributed by atoms with Crippen molar-refractivity contribution >= 4 is 17.9 Å². The average Bonchev–Trinajstić information content (AvgIpc) is 2.09. The van der Waals surface area contributed by atoms with E-state index >= 15 is 0 Å². The molecule has 0 spiro atoms. The number of carbonyl (C=O) groups excluding carboxylic acids is 1. The number of carbonyl (C=O) groups is 1. The van der Waals surface area contributed by atoms with E-state index in [0.29, 0.717) is 6.29 Å². The largest absolute Gasteiger partial charge is 0.303 e. The molecule has 0 radical (unpaired) electrons. The molecule has 0 fully saturated rings. The molecule has 0 aliphatic rings. The average molecular weight is 205 g/mol. The monoisotopic (exact) mass is 204 g/mol. The van der Waals surface area contributed by atoms with Gasteiger partial charge in [0.1, 0.15) is 17.9 Å². The summed E-state index contributed by atoms with van der Waals surface area (Å²) in [5.41, 5.74) is 0.136. The molecule has 1 aromatic rings. The van der Waals surface area contributed by atoms with Gasteiger partial charge in [-0.1, -0.05) is 11.6 Å². The summed E-state index contributed by atoms with van der Waals surface area (Å²) in [5.74, 6) is -1.24. The van der Waals surface area contributed by atoms with E-state index in [9.17, 15) is 13.6 Å². The zero-order valence-electron chi connectivity index (χ0n) is 6.69. The molecule has 0 unspecified atom stereocenters. The van der Waals surface area contributed by atoms with E-state index in [-0.39, 0.29) is 23.4 Å². The second-order valence-electron chi connectivity index (χ2n) is 2.57. The SMILES string of the molecule is O=CCCc1cc(F)cc(Cl)c1F. The molecule has 0 saturated carbocycles. The maximum absolute atomic E-state index is 13.1. The summed E-state index contributed by atoms with van der Waals surface area (Å²) in [5, 5.41) is -0.249. The smallest absolute Gasteiger partial charge is 0.145 e. The van der Waals surface area contributed by atoms with Gasteiger partial charge in [-0.2, -0.15) is 0 Å². The molecule has 0 aliphatic heterocycles. The van der Waals surface area contributed by atoms with Crippen LogP contribution in [-0.4, -0.2) is 6.29 Å². The molecule has 0 heterocycles. The molecule has 0 atom stereocenters. The van der Waals surface area contributed by atoms with Crippen LogP contribution in [0, 0.1) is 11.6 Å². The molecule has 0 aromatic heterocycles. The molecule has 13 heavy (non-hydrogen) atoms. The summed E-state index contributed by atoms with van der Waals surface area (Å²) in [4.78, 5) is 10.0. The number of halogens is 3. The third kappa shape index (κ3) is 2.49. The predicted octanol–water partition coefficient (Wildman–Crippen LogP) is 2.75. The normalized spacial score (nSPS) is 10.1. The summed E-state index contributed by atoms with van der Waals surface area (Å²) in [7, 11) is 0. The molecule has 70 valence electrons. The Labute approximate surface area is 79.3 Å². The van der Waals surface area contributed by atoms with Crippen LogP contribution >= 0.6 is 11.6 Å². The van der Waals surface area contributed by atoms with Crippen molar-refractivity contribution in [3.05, 3.63) is 34.4 Å². The Morgan fingerprint density at radius 1 is 1.38 bits per heavy atom. The van der Waals surface area contributed by atoms with Crippen LogP contribution in [0.4, 0.5) is 8.78 Å². The molecule has 0 aliphatic carbocycles. The first-order chi connectivity index (χ1) is 6.15. The zero-order chi connectivity index (χ0) is 9.84. The molecule has 1 nitrogen and oxygen atoms in total. The van der Waals surface area contributed by atoms with Gasteiger partial charge in [0.15, 0.2) is 0 Å². The van der Waals surface area contributed by atoms with Gasteiger partial charge in [-0.25, -0.2) is 8.78 Å². The van der Waals surface area contributed by atoms with Crippen molar-refractivity contribution in [3.8, 4) is 0 Å². The second-order valence-corrected chi connectivity index (χ2v) is 2.97. The minimum Gasteiger partial charge on any atom is -0.303 e. The van der Waals surface area contributed by atoms with E-state index in [1.165, 1.54) is 0 Å². The van der Waals surface area contributed by atoms with Gasteiger partial charge in [0.05, 0.1) is 5.02 Å². The van der Waals surface area contributed by atoms with Crippen molar-refractivity contribution in [2.75, 3.05) is 0 Å². The van der Waals surface area contributed by atoms with E-state index in [4.69, 9.17) is 11.6 Å². The summed E-state index contributed by atoms with van der Waals surface area (Å²) < 4.78 is 25.8. The lowest BCUT2D eigenvalue weighted by Gasteiger charge is -2.02. The van der Waals surface area contributed by atoms with Crippen molar-refractivity contribution < 1.29 is 13.6 Å². The van der Waals surface area contributed by atoms with Crippen LogP contribution in [0.15, 0.2) is 12.1 Å². The Bertz CT molecular complexity index is 326. The van der Waals surface area contributed by atoms with Gasteiger partial charge < -0.3 is 4.79 Å². The minimum atomic E-state index is -0.648. The van der Waals surface area contributed by atoms with Crippen LogP contribution < -0.4 is 0 Å². The van der Waals surface area contributed by atoms with E-state index in [2.05, 4.69) is 0 Å². The number of hydrogen-bond donors (Lipinski definition) is 0. The first-order valence-electron chi connectivity index (χ1n) is 3.72. The number of aryl methyl sites for hydroxylation is 1. The lowest BCUT2D eigenvalue weighted by Crippen LogP contribution is -1.94. The van der Waals surface area contributed by atoms with Gasteiger partial charge in [0.25, 0.3) is 0 Å². The minimum absolute atomic E-state index is 0.136. The van der Waals surface area contributed by atoms with E-state index in [1.807, 2.05) is 0 Å². The van der Waals surface area contributed by atoms with E-state index in [0.717, 1.165) is 12.1 Å². The van der Waals surface area contributed by atoms with Gasteiger partial charge in [0, 0.05) is 6.42 Å². The Hall–Kier alpha value is -0.960. The Morgan fingerprint density at radius 2 is 2.08 bits per heavy atom. The standard InChI is InChI=1S/C9H7ClF2O/c10-8-5-7(11)4-6(9(8)12)2-1-3-13/h3-5H,1-2H2. The lowest BCUT2D eigenvalue weighted by atomic mass is 10.1. The van der Waals surface area contributed by atoms with Crippen molar-refractivity contribution in [1.29, 1.82) is 0 Å². The third-order valence-corrected chi connectivity index (χ3v) is 1.87. The van der Waals surface area contributed by atoms with Crippen LogP contribution in [0.3, 0.4) is 0 Å². The molecule has 0 N–H and O–H groups in total. The van der Waals surface area contributed by atoms with Crippen molar-refractivity contribution in [3.63, 3.8) is 0 Å². The highest BCUT2D eigenvalue weighted by molar-refractivity contribution is 6.30. The van der Waals surface area contributed by atoms with Gasteiger partial charge in [0.2, 0.25) is 0 Å². The fraction of sp³-hybridized carbons (Fsp3) is 0.222. The fourth-order valence-corrected chi connectivity index (χ4v) is 1.23. The Kier molecular flexibility index (Phi) is 3.37. The van der Waals surface area contributed by atoms with Crippen LogP contribution in [0.5, 0.6) is 0 Å². The van der Waals surface area contributed by atoms with Gasteiger partial charge in [-0.15, -0.1) is 0 Å². The quantitative estimate of drug-likeness (QED) is 0.547. The van der Waals surface area contributed by atoms with E-state index in [1.54, 1.807) is 0 Å². The van der Waals surface area contributed by atoms with Crippen LogP contribution in [0.25, 0.3) is 0 Å². The second kappa shape index (κ2) is 4.33.